The van der Waals surface area contributed by atoms with Crippen LogP contribution in [0.25, 0.3) is 11.3 Å². The highest BCUT2D eigenvalue weighted by Gasteiger charge is 2.17. The van der Waals surface area contributed by atoms with E-state index in [1.807, 2.05) is 0 Å². The molecule has 7 heteroatoms. The first-order valence-electron chi connectivity index (χ1n) is 4.34. The molecular formula is C10H4ClF2NO3. The molecule has 0 aliphatic heterocycles. The first kappa shape index (κ1) is 11.5. The molecule has 0 bridgehead atoms. The van der Waals surface area contributed by atoms with Crippen LogP contribution in [-0.2, 0) is 0 Å². The molecule has 0 atom stereocenters. The third-order valence-electron chi connectivity index (χ3n) is 1.99. The monoisotopic (exact) mass is 259 g/mol. The Morgan fingerprint density at radius 3 is 2.65 bits per heavy atom. The van der Waals surface area contributed by atoms with E-state index >= 15 is 0 Å². The number of hydrogen-bond donors (Lipinski definition) is 1. The number of hydrogen-bond acceptors (Lipinski definition) is 3. The lowest BCUT2D eigenvalue weighted by molar-refractivity contribution is 0.0686. The summed E-state index contributed by atoms with van der Waals surface area (Å²) in [6.07, 6.45) is 0. The summed E-state index contributed by atoms with van der Waals surface area (Å²) < 4.78 is 30.8. The lowest BCUT2D eigenvalue weighted by atomic mass is 10.1. The Labute approximate surface area is 98.4 Å². The summed E-state index contributed by atoms with van der Waals surface area (Å²) >= 11 is 5.61. The predicted molar refractivity (Wildman–Crippen MR) is 53.8 cm³/mol. The molecule has 2 aromatic rings. The van der Waals surface area contributed by atoms with Crippen molar-refractivity contribution in [3.8, 4) is 11.3 Å². The summed E-state index contributed by atoms with van der Waals surface area (Å²) in [5, 5.41) is 11.5. The molecule has 17 heavy (non-hydrogen) atoms. The number of benzene rings is 1. The van der Waals surface area contributed by atoms with E-state index in [9.17, 15) is 13.6 Å². The fourth-order valence-electron chi connectivity index (χ4n) is 1.24. The molecule has 0 amide bonds. The highest BCUT2D eigenvalue weighted by molar-refractivity contribution is 6.33. The van der Waals surface area contributed by atoms with Crippen molar-refractivity contribution in [1.29, 1.82) is 0 Å². The maximum absolute atomic E-state index is 13.1. The zero-order valence-corrected chi connectivity index (χ0v) is 8.83. The molecule has 1 N–H and O–H groups in total. The van der Waals surface area contributed by atoms with Gasteiger partial charge in [-0.2, -0.15) is 0 Å². The van der Waals surface area contributed by atoms with E-state index in [4.69, 9.17) is 16.7 Å². The van der Waals surface area contributed by atoms with Gasteiger partial charge in [0.25, 0.3) is 0 Å². The molecule has 0 aliphatic rings. The molecule has 0 aliphatic carbocycles. The molecular weight excluding hydrogens is 256 g/mol. The second-order valence-corrected chi connectivity index (χ2v) is 3.51. The van der Waals surface area contributed by atoms with Gasteiger partial charge in [0.15, 0.2) is 11.5 Å². The number of carbonyl (C=O) groups is 1. The van der Waals surface area contributed by atoms with Gasteiger partial charge in [-0.05, 0) is 6.07 Å². The van der Waals surface area contributed by atoms with Crippen molar-refractivity contribution in [2.45, 2.75) is 0 Å². The topological polar surface area (TPSA) is 63.3 Å². The summed E-state index contributed by atoms with van der Waals surface area (Å²) in [6, 6.07) is 2.57. The zero-order valence-electron chi connectivity index (χ0n) is 8.08. The lowest BCUT2D eigenvalue weighted by Crippen LogP contribution is -1.94. The van der Waals surface area contributed by atoms with Gasteiger partial charge >= 0.3 is 5.97 Å². The summed E-state index contributed by atoms with van der Waals surface area (Å²) in [6.45, 7) is 0. The second kappa shape index (κ2) is 4.14. The van der Waals surface area contributed by atoms with Gasteiger partial charge in [-0.1, -0.05) is 16.8 Å². The molecule has 0 spiro atoms. The fraction of sp³-hybridized carbons (Fsp3) is 0. The fourth-order valence-corrected chi connectivity index (χ4v) is 1.44. The third kappa shape index (κ3) is 2.12. The van der Waals surface area contributed by atoms with Crippen molar-refractivity contribution in [2.24, 2.45) is 0 Å². The minimum Gasteiger partial charge on any atom is -0.476 e. The standard InChI is InChI=1S/C10H4ClF2NO3/c11-9-5(1-4(12)2-6(9)13)8-3-7(10(15)16)14-17-8/h1-3H,(H,15,16). The van der Waals surface area contributed by atoms with E-state index < -0.39 is 17.6 Å². The van der Waals surface area contributed by atoms with Crippen molar-refractivity contribution < 1.29 is 23.2 Å². The number of aromatic carboxylic acids is 1. The maximum atomic E-state index is 13.1. The summed E-state index contributed by atoms with van der Waals surface area (Å²) in [5.41, 5.74) is -0.468. The van der Waals surface area contributed by atoms with Crippen LogP contribution in [0.2, 0.25) is 5.02 Å². The average molecular weight is 260 g/mol. The zero-order chi connectivity index (χ0) is 12.6. The first-order chi connectivity index (χ1) is 7.99. The Bertz CT molecular complexity index is 597. The number of carboxylic acids is 1. The van der Waals surface area contributed by atoms with Crippen LogP contribution >= 0.6 is 11.6 Å². The van der Waals surface area contributed by atoms with E-state index in [0.717, 1.165) is 12.1 Å². The molecule has 0 fully saturated rings. The Balaban J connectivity index is 2.56. The summed E-state index contributed by atoms with van der Waals surface area (Å²) in [7, 11) is 0. The van der Waals surface area contributed by atoms with E-state index in [2.05, 4.69) is 9.68 Å². The highest BCUT2D eigenvalue weighted by Crippen LogP contribution is 2.31. The number of carboxylic acid groups (broad SMARTS) is 1. The number of halogens is 3. The summed E-state index contributed by atoms with van der Waals surface area (Å²) in [4.78, 5) is 10.6. The maximum Gasteiger partial charge on any atom is 0.358 e. The first-order valence-corrected chi connectivity index (χ1v) is 4.71. The van der Waals surface area contributed by atoms with Gasteiger partial charge < -0.3 is 9.63 Å². The highest BCUT2D eigenvalue weighted by atomic mass is 35.5. The molecule has 2 rings (SSSR count). The van der Waals surface area contributed by atoms with Gasteiger partial charge in [-0.15, -0.1) is 0 Å². The van der Waals surface area contributed by atoms with Gasteiger partial charge in [0.05, 0.1) is 5.02 Å². The minimum absolute atomic E-state index is 0.0934. The Kier molecular flexibility index (Phi) is 2.81. The van der Waals surface area contributed by atoms with E-state index in [-0.39, 0.29) is 22.0 Å². The lowest BCUT2D eigenvalue weighted by Gasteiger charge is -2.00. The number of aromatic nitrogens is 1. The van der Waals surface area contributed by atoms with E-state index in [1.54, 1.807) is 0 Å². The molecule has 0 saturated heterocycles. The smallest absolute Gasteiger partial charge is 0.358 e. The Morgan fingerprint density at radius 1 is 1.35 bits per heavy atom. The van der Waals surface area contributed by atoms with Crippen LogP contribution in [0.1, 0.15) is 10.5 Å². The van der Waals surface area contributed by atoms with Crippen LogP contribution in [-0.4, -0.2) is 16.2 Å². The molecule has 0 unspecified atom stereocenters. The van der Waals surface area contributed by atoms with Gasteiger partial charge in [0.1, 0.15) is 11.6 Å². The number of nitrogens with zero attached hydrogens (tertiary/aromatic N) is 1. The van der Waals surface area contributed by atoms with Gasteiger partial charge in [-0.25, -0.2) is 13.6 Å². The van der Waals surface area contributed by atoms with Gasteiger partial charge in [-0.3, -0.25) is 0 Å². The number of rotatable bonds is 2. The molecule has 4 nitrogen and oxygen atoms in total. The summed E-state index contributed by atoms with van der Waals surface area (Å²) in [5.74, 6) is -3.25. The van der Waals surface area contributed by atoms with Crippen LogP contribution < -0.4 is 0 Å². The molecule has 1 heterocycles. The van der Waals surface area contributed by atoms with Crippen molar-refractivity contribution >= 4 is 17.6 Å². The normalized spacial score (nSPS) is 10.5. The molecule has 88 valence electrons. The molecule has 1 aromatic heterocycles. The van der Waals surface area contributed by atoms with Crippen LogP contribution in [0.5, 0.6) is 0 Å². The Hall–Kier alpha value is -1.95. The van der Waals surface area contributed by atoms with Crippen LogP contribution in [0.3, 0.4) is 0 Å². The van der Waals surface area contributed by atoms with Crippen molar-refractivity contribution in [3.05, 3.63) is 40.6 Å². The van der Waals surface area contributed by atoms with Crippen LogP contribution in [0.4, 0.5) is 8.78 Å². The second-order valence-electron chi connectivity index (χ2n) is 3.13. The largest absolute Gasteiger partial charge is 0.476 e. The quantitative estimate of drug-likeness (QED) is 0.842. The molecule has 0 saturated carbocycles. The third-order valence-corrected chi connectivity index (χ3v) is 2.37. The van der Waals surface area contributed by atoms with Gasteiger partial charge in [0, 0.05) is 17.7 Å². The van der Waals surface area contributed by atoms with Crippen molar-refractivity contribution in [1.82, 2.24) is 5.16 Å². The van der Waals surface area contributed by atoms with E-state index in [1.165, 1.54) is 0 Å². The van der Waals surface area contributed by atoms with Crippen molar-refractivity contribution in [2.75, 3.05) is 0 Å². The Morgan fingerprint density at radius 2 is 2.06 bits per heavy atom. The van der Waals surface area contributed by atoms with Gasteiger partial charge in [0.2, 0.25) is 0 Å². The molecule has 0 radical (unpaired) electrons. The van der Waals surface area contributed by atoms with E-state index in [0.29, 0.717) is 6.07 Å². The minimum atomic E-state index is -1.31. The van der Waals surface area contributed by atoms with Crippen molar-refractivity contribution in [3.63, 3.8) is 0 Å². The SMILES string of the molecule is O=C(O)c1cc(-c2cc(F)cc(F)c2Cl)on1. The van der Waals surface area contributed by atoms with Crippen LogP contribution in [0, 0.1) is 11.6 Å². The average Bonchev–Trinajstić information content (AvgIpc) is 2.72. The van der Waals surface area contributed by atoms with Crippen LogP contribution in [0.15, 0.2) is 22.7 Å². The molecule has 1 aromatic carbocycles. The predicted octanol–water partition coefficient (Wildman–Crippen LogP) is 2.97.